The Balaban J connectivity index is 1.46. The van der Waals surface area contributed by atoms with Gasteiger partial charge in [-0.25, -0.2) is 4.79 Å². The van der Waals surface area contributed by atoms with E-state index in [1.54, 1.807) is 36.4 Å². The van der Waals surface area contributed by atoms with Crippen LogP contribution in [-0.4, -0.2) is 41.9 Å². The van der Waals surface area contributed by atoms with Crippen molar-refractivity contribution in [3.05, 3.63) is 63.6 Å². The fourth-order valence-electron chi connectivity index (χ4n) is 2.76. The largest absolute Gasteiger partial charge is 0.477 e. The highest BCUT2D eigenvalue weighted by atomic mass is 35.5. The summed E-state index contributed by atoms with van der Waals surface area (Å²) in [5.74, 6) is -0.920. The van der Waals surface area contributed by atoms with Crippen LogP contribution in [0.15, 0.2) is 42.5 Å². The maximum Gasteiger partial charge on any atom is 0.347 e. The van der Waals surface area contributed by atoms with Crippen LogP contribution < -0.4 is 4.74 Å². The Morgan fingerprint density at radius 3 is 2.32 bits per heavy atom. The summed E-state index contributed by atoms with van der Waals surface area (Å²) in [5.41, 5.74) is 0.790. The van der Waals surface area contributed by atoms with Crippen molar-refractivity contribution >= 4 is 41.0 Å². The molecular weight excluding hydrogens is 405 g/mol. The maximum atomic E-state index is 12.3. The minimum atomic E-state index is -0.877. The molecule has 146 valence electrons. The van der Waals surface area contributed by atoms with Gasteiger partial charge in [-0.05, 0) is 43.7 Å². The van der Waals surface area contributed by atoms with Gasteiger partial charge in [0, 0.05) is 11.6 Å². The first-order valence-electron chi connectivity index (χ1n) is 8.62. The molecule has 1 unspecified atom stereocenters. The molecule has 6 nitrogen and oxygen atoms in total. The van der Waals surface area contributed by atoms with Crippen LogP contribution in [0, 0.1) is 0 Å². The quantitative estimate of drug-likeness (QED) is 0.383. The summed E-state index contributed by atoms with van der Waals surface area (Å²) in [6, 6.07) is 11.3. The lowest BCUT2D eigenvalue weighted by Crippen LogP contribution is -2.32. The molecule has 1 heterocycles. The van der Waals surface area contributed by atoms with E-state index in [-0.39, 0.29) is 30.0 Å². The summed E-state index contributed by atoms with van der Waals surface area (Å²) in [6.45, 7) is 1.75. The Labute approximate surface area is 171 Å². The van der Waals surface area contributed by atoms with E-state index in [9.17, 15) is 14.4 Å². The highest BCUT2D eigenvalue weighted by molar-refractivity contribution is 6.35. The van der Waals surface area contributed by atoms with Gasteiger partial charge in [0.1, 0.15) is 5.75 Å². The molecule has 2 aromatic rings. The lowest BCUT2D eigenvalue weighted by Gasteiger charge is -2.16. The molecule has 0 saturated carbocycles. The first-order valence-corrected chi connectivity index (χ1v) is 9.37. The standard InChI is InChI=1S/C20H17Cl2NO5/c1-12(28-17-8-7-13(21)11-16(17)22)20(26)27-10-4-9-23-18(24)14-5-2-3-6-15(14)19(23)25/h2-3,5-8,11-12H,4,9-10H2,1H3. The highest BCUT2D eigenvalue weighted by Gasteiger charge is 2.34. The number of benzene rings is 2. The Morgan fingerprint density at radius 1 is 1.07 bits per heavy atom. The van der Waals surface area contributed by atoms with Crippen molar-refractivity contribution in [3.8, 4) is 5.75 Å². The summed E-state index contributed by atoms with van der Waals surface area (Å²) in [4.78, 5) is 37.7. The van der Waals surface area contributed by atoms with E-state index in [1.165, 1.54) is 13.0 Å². The Kier molecular flexibility index (Phi) is 6.21. The van der Waals surface area contributed by atoms with Gasteiger partial charge in [0.05, 0.1) is 22.8 Å². The predicted octanol–water partition coefficient (Wildman–Crippen LogP) is 3.99. The zero-order valence-electron chi connectivity index (χ0n) is 15.0. The molecule has 0 saturated heterocycles. The van der Waals surface area contributed by atoms with Gasteiger partial charge < -0.3 is 9.47 Å². The molecule has 8 heteroatoms. The highest BCUT2D eigenvalue weighted by Crippen LogP contribution is 2.28. The van der Waals surface area contributed by atoms with Crippen LogP contribution in [0.2, 0.25) is 10.0 Å². The first kappa shape index (κ1) is 20.2. The third-order valence-electron chi connectivity index (χ3n) is 4.18. The predicted molar refractivity (Wildman–Crippen MR) is 104 cm³/mol. The molecule has 28 heavy (non-hydrogen) atoms. The van der Waals surface area contributed by atoms with Gasteiger partial charge in [0.15, 0.2) is 6.10 Å². The average molecular weight is 422 g/mol. The number of ether oxygens (including phenoxy) is 2. The lowest BCUT2D eigenvalue weighted by atomic mass is 10.1. The fourth-order valence-corrected chi connectivity index (χ4v) is 3.22. The third kappa shape index (κ3) is 4.29. The number of hydrogen-bond acceptors (Lipinski definition) is 5. The minimum Gasteiger partial charge on any atom is -0.477 e. The number of esters is 1. The van der Waals surface area contributed by atoms with Gasteiger partial charge in [0.25, 0.3) is 11.8 Å². The number of amides is 2. The van der Waals surface area contributed by atoms with Crippen molar-refractivity contribution in [2.24, 2.45) is 0 Å². The third-order valence-corrected chi connectivity index (χ3v) is 4.71. The molecule has 1 aliphatic heterocycles. The maximum absolute atomic E-state index is 12.3. The second-order valence-corrected chi connectivity index (χ2v) is 7.01. The lowest BCUT2D eigenvalue weighted by molar-refractivity contribution is -0.151. The van der Waals surface area contributed by atoms with Crippen molar-refractivity contribution in [1.82, 2.24) is 4.90 Å². The summed E-state index contributed by atoms with van der Waals surface area (Å²) >= 11 is 11.8. The van der Waals surface area contributed by atoms with E-state index in [0.717, 1.165) is 4.90 Å². The Bertz CT molecular complexity index is 896. The average Bonchev–Trinajstić information content (AvgIpc) is 2.92. The smallest absolute Gasteiger partial charge is 0.347 e. The number of imide groups is 1. The fraction of sp³-hybridized carbons (Fsp3) is 0.250. The summed E-state index contributed by atoms with van der Waals surface area (Å²) in [6.07, 6.45) is -0.552. The van der Waals surface area contributed by atoms with Crippen LogP contribution in [-0.2, 0) is 9.53 Å². The summed E-state index contributed by atoms with van der Waals surface area (Å²) in [7, 11) is 0. The van der Waals surface area contributed by atoms with E-state index in [2.05, 4.69) is 0 Å². The van der Waals surface area contributed by atoms with Gasteiger partial charge in [-0.3, -0.25) is 14.5 Å². The molecule has 3 rings (SSSR count). The summed E-state index contributed by atoms with van der Waals surface area (Å²) < 4.78 is 10.6. The van der Waals surface area contributed by atoms with Gasteiger partial charge in [-0.2, -0.15) is 0 Å². The van der Waals surface area contributed by atoms with Crippen LogP contribution in [0.25, 0.3) is 0 Å². The number of rotatable bonds is 7. The number of nitrogens with zero attached hydrogens (tertiary/aromatic N) is 1. The van der Waals surface area contributed by atoms with Crippen LogP contribution in [0.5, 0.6) is 5.75 Å². The molecule has 1 atom stereocenters. The molecule has 2 amide bonds. The second kappa shape index (κ2) is 8.63. The van der Waals surface area contributed by atoms with Crippen molar-refractivity contribution < 1.29 is 23.9 Å². The monoisotopic (exact) mass is 421 g/mol. The number of hydrogen-bond donors (Lipinski definition) is 0. The number of carbonyl (C=O) groups is 3. The number of halogens is 2. The van der Waals surface area contributed by atoms with Crippen LogP contribution in [0.3, 0.4) is 0 Å². The number of fused-ring (bicyclic) bond motifs is 1. The van der Waals surface area contributed by atoms with Crippen molar-refractivity contribution in [2.75, 3.05) is 13.2 Å². The molecular formula is C20H17Cl2NO5. The Hall–Kier alpha value is -2.57. The topological polar surface area (TPSA) is 72.9 Å². The van der Waals surface area contributed by atoms with Crippen LogP contribution >= 0.6 is 23.2 Å². The van der Waals surface area contributed by atoms with Gasteiger partial charge in [-0.1, -0.05) is 35.3 Å². The molecule has 0 aromatic heterocycles. The van der Waals surface area contributed by atoms with E-state index in [0.29, 0.717) is 28.3 Å². The molecule has 0 bridgehead atoms. The zero-order valence-corrected chi connectivity index (χ0v) is 16.5. The SMILES string of the molecule is CC(Oc1ccc(Cl)cc1Cl)C(=O)OCCCN1C(=O)c2ccccc2C1=O. The van der Waals surface area contributed by atoms with Crippen LogP contribution in [0.4, 0.5) is 0 Å². The van der Waals surface area contributed by atoms with Gasteiger partial charge in [0.2, 0.25) is 0 Å². The van der Waals surface area contributed by atoms with E-state index < -0.39 is 12.1 Å². The molecule has 2 aromatic carbocycles. The van der Waals surface area contributed by atoms with E-state index >= 15 is 0 Å². The molecule has 0 N–H and O–H groups in total. The molecule has 1 aliphatic rings. The molecule has 0 spiro atoms. The van der Waals surface area contributed by atoms with Crippen molar-refractivity contribution in [2.45, 2.75) is 19.4 Å². The minimum absolute atomic E-state index is 0.0499. The number of carbonyl (C=O) groups excluding carboxylic acids is 3. The first-order chi connectivity index (χ1) is 13.4. The normalized spacial score (nSPS) is 14.0. The van der Waals surface area contributed by atoms with E-state index in [1.807, 2.05) is 0 Å². The van der Waals surface area contributed by atoms with E-state index in [4.69, 9.17) is 32.7 Å². The van der Waals surface area contributed by atoms with Crippen molar-refractivity contribution in [3.63, 3.8) is 0 Å². The molecule has 0 aliphatic carbocycles. The molecule has 0 fully saturated rings. The van der Waals surface area contributed by atoms with Gasteiger partial charge in [-0.15, -0.1) is 0 Å². The van der Waals surface area contributed by atoms with Crippen LogP contribution in [0.1, 0.15) is 34.1 Å². The summed E-state index contributed by atoms with van der Waals surface area (Å²) in [5, 5.41) is 0.749. The molecule has 0 radical (unpaired) electrons. The zero-order chi connectivity index (χ0) is 20.3. The Morgan fingerprint density at radius 2 is 1.71 bits per heavy atom. The van der Waals surface area contributed by atoms with Gasteiger partial charge >= 0.3 is 5.97 Å². The van der Waals surface area contributed by atoms with Crippen molar-refractivity contribution in [1.29, 1.82) is 0 Å². The second-order valence-electron chi connectivity index (χ2n) is 6.16.